The third-order valence-corrected chi connectivity index (χ3v) is 2.85. The molecule has 1 unspecified atom stereocenters. The van der Waals surface area contributed by atoms with E-state index in [4.69, 9.17) is 0 Å². The first-order chi connectivity index (χ1) is 6.63. The molecule has 0 N–H and O–H groups in total. The number of rotatable bonds is 3. The van der Waals surface area contributed by atoms with Crippen molar-refractivity contribution < 1.29 is 9.59 Å². The lowest BCUT2D eigenvalue weighted by Crippen LogP contribution is -2.40. The van der Waals surface area contributed by atoms with E-state index in [0.29, 0.717) is 5.92 Å². The van der Waals surface area contributed by atoms with Crippen LogP contribution in [-0.2, 0) is 9.59 Å². The highest BCUT2D eigenvalue weighted by Gasteiger charge is 2.22. The topological polar surface area (TPSA) is 37.4 Å². The Bertz CT molecular complexity index is 225. The van der Waals surface area contributed by atoms with Gasteiger partial charge in [-0.1, -0.05) is 13.3 Å². The van der Waals surface area contributed by atoms with Crippen LogP contribution in [0.5, 0.6) is 0 Å². The number of likely N-dealkylation sites (tertiary alicyclic amines) is 1. The molecule has 1 aliphatic rings. The summed E-state index contributed by atoms with van der Waals surface area (Å²) in [5, 5.41) is 0. The molecular weight excluding hydrogens is 178 g/mol. The van der Waals surface area contributed by atoms with Gasteiger partial charge in [0.05, 0.1) is 6.42 Å². The van der Waals surface area contributed by atoms with Crippen LogP contribution in [0.15, 0.2) is 0 Å². The molecule has 1 atom stereocenters. The minimum Gasteiger partial charge on any atom is -0.342 e. The van der Waals surface area contributed by atoms with Crippen LogP contribution >= 0.6 is 0 Å². The number of amides is 1. The smallest absolute Gasteiger partial charge is 0.230 e. The average Bonchev–Trinajstić information content (AvgIpc) is 2.17. The van der Waals surface area contributed by atoms with Crippen LogP contribution in [0.2, 0.25) is 0 Å². The molecule has 1 saturated heterocycles. The van der Waals surface area contributed by atoms with Gasteiger partial charge < -0.3 is 4.90 Å². The van der Waals surface area contributed by atoms with Crippen LogP contribution in [0.3, 0.4) is 0 Å². The number of nitrogens with zero attached hydrogens (tertiary/aromatic N) is 1. The maximum atomic E-state index is 11.6. The summed E-state index contributed by atoms with van der Waals surface area (Å²) in [7, 11) is 0. The molecule has 0 saturated carbocycles. The minimum atomic E-state index is -0.0337. The summed E-state index contributed by atoms with van der Waals surface area (Å²) in [6.07, 6.45) is 3.52. The molecule has 1 fully saturated rings. The fraction of sp³-hybridized carbons (Fsp3) is 0.818. The summed E-state index contributed by atoms with van der Waals surface area (Å²) in [5.41, 5.74) is 0. The molecular formula is C11H19NO2. The van der Waals surface area contributed by atoms with E-state index in [0.717, 1.165) is 25.9 Å². The highest BCUT2D eigenvalue weighted by Crippen LogP contribution is 2.19. The summed E-state index contributed by atoms with van der Waals surface area (Å²) in [5.74, 6) is 0.615. The van der Waals surface area contributed by atoms with Gasteiger partial charge in [-0.3, -0.25) is 9.59 Å². The van der Waals surface area contributed by atoms with E-state index < -0.39 is 0 Å². The zero-order valence-electron chi connectivity index (χ0n) is 9.08. The quantitative estimate of drug-likeness (QED) is 0.645. The fourth-order valence-corrected chi connectivity index (χ4v) is 1.95. The lowest BCUT2D eigenvalue weighted by atomic mass is 9.95. The van der Waals surface area contributed by atoms with Crippen LogP contribution in [0.4, 0.5) is 0 Å². The zero-order chi connectivity index (χ0) is 10.6. The number of piperidine rings is 1. The van der Waals surface area contributed by atoms with E-state index in [1.807, 2.05) is 4.90 Å². The number of carbonyl (C=O) groups is 2. The van der Waals surface area contributed by atoms with Crippen molar-refractivity contribution >= 4 is 11.7 Å². The molecule has 1 rings (SSSR count). The highest BCUT2D eigenvalue weighted by molar-refractivity contribution is 5.96. The second-order valence-corrected chi connectivity index (χ2v) is 4.14. The standard InChI is InChI=1S/C11H19NO2/c1-3-10-5-4-6-12(8-10)11(14)7-9(2)13/h10H,3-8H2,1-2H3. The van der Waals surface area contributed by atoms with Crippen molar-refractivity contribution in [2.24, 2.45) is 5.92 Å². The molecule has 0 aromatic rings. The lowest BCUT2D eigenvalue weighted by molar-refractivity contribution is -0.136. The Hall–Kier alpha value is -0.860. The van der Waals surface area contributed by atoms with Crippen molar-refractivity contribution in [3.8, 4) is 0 Å². The Kier molecular flexibility index (Phi) is 4.11. The van der Waals surface area contributed by atoms with Crippen molar-refractivity contribution in [2.75, 3.05) is 13.1 Å². The third-order valence-electron chi connectivity index (χ3n) is 2.85. The molecule has 3 nitrogen and oxygen atoms in total. The summed E-state index contributed by atoms with van der Waals surface area (Å²) in [4.78, 5) is 24.2. The van der Waals surface area contributed by atoms with Crippen molar-refractivity contribution in [3.05, 3.63) is 0 Å². The molecule has 14 heavy (non-hydrogen) atoms. The second-order valence-electron chi connectivity index (χ2n) is 4.14. The van der Waals surface area contributed by atoms with E-state index in [9.17, 15) is 9.59 Å². The van der Waals surface area contributed by atoms with Crippen molar-refractivity contribution in [3.63, 3.8) is 0 Å². The molecule has 0 aromatic carbocycles. The van der Waals surface area contributed by atoms with Crippen LogP contribution in [-0.4, -0.2) is 29.7 Å². The molecule has 0 spiro atoms. The first-order valence-electron chi connectivity index (χ1n) is 5.40. The number of hydrogen-bond donors (Lipinski definition) is 0. The van der Waals surface area contributed by atoms with Crippen molar-refractivity contribution in [1.82, 2.24) is 4.90 Å². The van der Waals surface area contributed by atoms with Gasteiger partial charge in [0.1, 0.15) is 5.78 Å². The molecule has 0 bridgehead atoms. The van der Waals surface area contributed by atoms with E-state index >= 15 is 0 Å². The summed E-state index contributed by atoms with van der Waals surface area (Å²) in [6.45, 7) is 5.31. The molecule has 80 valence electrons. The summed E-state index contributed by atoms with van der Waals surface area (Å²) < 4.78 is 0. The van der Waals surface area contributed by atoms with Crippen molar-refractivity contribution in [1.29, 1.82) is 0 Å². The number of carbonyl (C=O) groups excluding carboxylic acids is 2. The zero-order valence-corrected chi connectivity index (χ0v) is 9.08. The SMILES string of the molecule is CCC1CCCN(C(=O)CC(C)=O)C1. The average molecular weight is 197 g/mol. The maximum absolute atomic E-state index is 11.6. The Balaban J connectivity index is 2.43. The van der Waals surface area contributed by atoms with Gasteiger partial charge in [0.2, 0.25) is 5.91 Å². The monoisotopic (exact) mass is 197 g/mol. The van der Waals surface area contributed by atoms with Gasteiger partial charge in [0, 0.05) is 13.1 Å². The van der Waals surface area contributed by atoms with Gasteiger partial charge in [0.25, 0.3) is 0 Å². The number of hydrogen-bond acceptors (Lipinski definition) is 2. The number of Topliss-reactive ketones (excluding diaryl/α,β-unsaturated/α-hetero) is 1. The second kappa shape index (κ2) is 5.13. The van der Waals surface area contributed by atoms with Gasteiger partial charge in [0.15, 0.2) is 0 Å². The Morgan fingerprint density at radius 3 is 2.71 bits per heavy atom. The molecule has 1 amide bonds. The molecule has 0 radical (unpaired) electrons. The predicted octanol–water partition coefficient (Wildman–Crippen LogP) is 1.61. The first kappa shape index (κ1) is 11.2. The maximum Gasteiger partial charge on any atom is 0.230 e. The highest BCUT2D eigenvalue weighted by atomic mass is 16.2. The van der Waals surface area contributed by atoms with Crippen LogP contribution in [0, 0.1) is 5.92 Å². The molecule has 0 aromatic heterocycles. The summed E-state index contributed by atoms with van der Waals surface area (Å²) >= 11 is 0. The largest absolute Gasteiger partial charge is 0.342 e. The fourth-order valence-electron chi connectivity index (χ4n) is 1.95. The van der Waals surface area contributed by atoms with Gasteiger partial charge in [-0.15, -0.1) is 0 Å². The van der Waals surface area contributed by atoms with Gasteiger partial charge >= 0.3 is 0 Å². The van der Waals surface area contributed by atoms with E-state index in [-0.39, 0.29) is 18.1 Å². The Morgan fingerprint density at radius 1 is 1.43 bits per heavy atom. The molecule has 3 heteroatoms. The van der Waals surface area contributed by atoms with Crippen molar-refractivity contribution in [2.45, 2.75) is 39.5 Å². The minimum absolute atomic E-state index is 0.00986. The normalized spacial score (nSPS) is 22.1. The van der Waals surface area contributed by atoms with Crippen LogP contribution < -0.4 is 0 Å². The van der Waals surface area contributed by atoms with E-state index in [1.165, 1.54) is 13.3 Å². The van der Waals surface area contributed by atoms with Crippen LogP contribution in [0.25, 0.3) is 0 Å². The van der Waals surface area contributed by atoms with E-state index in [1.54, 1.807) is 0 Å². The summed E-state index contributed by atoms with van der Waals surface area (Å²) in [6, 6.07) is 0. The van der Waals surface area contributed by atoms with Gasteiger partial charge in [-0.25, -0.2) is 0 Å². The first-order valence-corrected chi connectivity index (χ1v) is 5.40. The molecule has 1 aliphatic heterocycles. The predicted molar refractivity (Wildman–Crippen MR) is 54.9 cm³/mol. The molecule has 1 heterocycles. The van der Waals surface area contributed by atoms with Gasteiger partial charge in [-0.2, -0.15) is 0 Å². The Labute approximate surface area is 85.5 Å². The lowest BCUT2D eigenvalue weighted by Gasteiger charge is -2.32. The van der Waals surface area contributed by atoms with E-state index in [2.05, 4.69) is 6.92 Å². The third kappa shape index (κ3) is 3.13. The Morgan fingerprint density at radius 2 is 2.14 bits per heavy atom. The number of ketones is 1. The van der Waals surface area contributed by atoms with Gasteiger partial charge in [-0.05, 0) is 25.7 Å². The van der Waals surface area contributed by atoms with Crippen LogP contribution in [0.1, 0.15) is 39.5 Å². The molecule has 0 aliphatic carbocycles.